The summed E-state index contributed by atoms with van der Waals surface area (Å²) in [4.78, 5) is 7.92. The van der Waals surface area contributed by atoms with Crippen molar-refractivity contribution in [2.75, 3.05) is 4.90 Å². The molecule has 0 N–H and O–H groups in total. The predicted molar refractivity (Wildman–Crippen MR) is 252 cm³/mol. The molecular formula is C55H45N5. The summed E-state index contributed by atoms with van der Waals surface area (Å²) in [5.74, 6) is 0.873. The second-order valence-corrected chi connectivity index (χ2v) is 16.3. The van der Waals surface area contributed by atoms with Crippen molar-refractivity contribution in [2.45, 2.75) is 39.0 Å². The normalized spacial score (nSPS) is 16.1. The zero-order valence-corrected chi connectivity index (χ0v) is 34.2. The predicted octanol–water partition coefficient (Wildman–Crippen LogP) is 14.4. The molecule has 0 saturated carbocycles. The van der Waals surface area contributed by atoms with E-state index in [9.17, 15) is 0 Å². The van der Waals surface area contributed by atoms with E-state index >= 15 is 0 Å². The Morgan fingerprint density at radius 1 is 0.683 bits per heavy atom. The van der Waals surface area contributed by atoms with Crippen LogP contribution in [0.2, 0.25) is 0 Å². The Hall–Kier alpha value is -7.37. The number of rotatable bonds is 7. The third-order valence-corrected chi connectivity index (χ3v) is 12.6. The van der Waals surface area contributed by atoms with Gasteiger partial charge in [-0.05, 0) is 126 Å². The van der Waals surface area contributed by atoms with Gasteiger partial charge in [-0.25, -0.2) is 4.98 Å². The summed E-state index contributed by atoms with van der Waals surface area (Å²) in [5.41, 5.74) is 18.2. The van der Waals surface area contributed by atoms with Gasteiger partial charge in [-0.1, -0.05) is 130 Å². The molecule has 0 spiro atoms. The zero-order chi connectivity index (χ0) is 40.5. The van der Waals surface area contributed by atoms with Crippen LogP contribution in [0, 0.1) is 0 Å². The molecule has 290 valence electrons. The molecule has 0 radical (unpaired) electrons. The molecule has 11 rings (SSSR count). The van der Waals surface area contributed by atoms with E-state index in [1.807, 2.05) is 6.08 Å². The zero-order valence-electron chi connectivity index (χ0n) is 34.2. The van der Waals surface area contributed by atoms with Crippen molar-refractivity contribution >= 4 is 67.1 Å². The maximum Gasteiger partial charge on any atom is 0.221 e. The van der Waals surface area contributed by atoms with Gasteiger partial charge in [-0.3, -0.25) is 13.5 Å². The van der Waals surface area contributed by atoms with Crippen molar-refractivity contribution < 1.29 is 0 Å². The quantitative estimate of drug-likeness (QED) is 0.161. The van der Waals surface area contributed by atoms with Gasteiger partial charge in [0.25, 0.3) is 0 Å². The van der Waals surface area contributed by atoms with Gasteiger partial charge < -0.3 is 4.90 Å². The van der Waals surface area contributed by atoms with Crippen LogP contribution in [0.3, 0.4) is 0 Å². The minimum absolute atomic E-state index is 0.177. The number of benzene rings is 6. The molecule has 5 nitrogen and oxygen atoms in total. The summed E-state index contributed by atoms with van der Waals surface area (Å²) in [6.45, 7) is 10.9. The van der Waals surface area contributed by atoms with Crippen LogP contribution in [0.25, 0.3) is 61.4 Å². The van der Waals surface area contributed by atoms with Gasteiger partial charge in [-0.15, -0.1) is 0 Å². The standard InChI is InChI=1S/C55H45N5/c1-5-18-44-45-33-31-42(35-48(45)55(3,4)47(44)6-2)57(41-29-27-38(28-30-41)37-19-10-7-11-20-37)43-32-34-50-51(36-43)59(40-23-14-9-15-24-40)54-56-52-46-25-16-17-26-49(46)58(53(52)60(50)54)39-21-12-8-13-22-39/h5-6,8-10,12-36H,1,7,11H2,2-4H3/b44-18-,47-6+. The summed E-state index contributed by atoms with van der Waals surface area (Å²) >= 11 is 0. The van der Waals surface area contributed by atoms with Crippen LogP contribution < -0.4 is 4.90 Å². The van der Waals surface area contributed by atoms with E-state index in [0.717, 1.165) is 80.2 Å². The fourth-order valence-electron chi connectivity index (χ4n) is 9.88. The number of nitrogens with zero attached hydrogens (tertiary/aromatic N) is 5. The van der Waals surface area contributed by atoms with Crippen LogP contribution >= 0.6 is 0 Å². The van der Waals surface area contributed by atoms with E-state index in [1.165, 1.54) is 33.4 Å². The summed E-state index contributed by atoms with van der Waals surface area (Å²) in [7, 11) is 0. The average Bonchev–Trinajstić information content (AvgIpc) is 3.98. The molecule has 3 aromatic heterocycles. The van der Waals surface area contributed by atoms with Crippen LogP contribution in [-0.2, 0) is 5.41 Å². The molecule has 0 aliphatic heterocycles. The maximum absolute atomic E-state index is 5.50. The first-order valence-corrected chi connectivity index (χ1v) is 21.0. The fourth-order valence-corrected chi connectivity index (χ4v) is 9.88. The summed E-state index contributed by atoms with van der Waals surface area (Å²) in [5, 5.41) is 1.13. The van der Waals surface area contributed by atoms with Gasteiger partial charge in [0.1, 0.15) is 5.52 Å². The second kappa shape index (κ2) is 13.9. The Morgan fingerprint density at radius 2 is 1.37 bits per heavy atom. The minimum atomic E-state index is -0.177. The number of hydrogen-bond acceptors (Lipinski definition) is 2. The third kappa shape index (κ3) is 5.35. The molecule has 9 aromatic rings. The lowest BCUT2D eigenvalue weighted by atomic mass is 9.82. The highest BCUT2D eigenvalue weighted by Crippen LogP contribution is 2.52. The topological polar surface area (TPSA) is 30.4 Å². The van der Waals surface area contributed by atoms with Crippen LogP contribution in [-0.4, -0.2) is 18.5 Å². The Labute approximate surface area is 350 Å². The van der Waals surface area contributed by atoms with Crippen molar-refractivity contribution in [3.8, 4) is 11.4 Å². The highest BCUT2D eigenvalue weighted by atomic mass is 15.3. The summed E-state index contributed by atoms with van der Waals surface area (Å²) in [6, 6.07) is 52.8. The van der Waals surface area contributed by atoms with Gasteiger partial charge in [0.15, 0.2) is 5.65 Å². The van der Waals surface area contributed by atoms with Crippen LogP contribution in [0.15, 0.2) is 194 Å². The molecule has 2 aliphatic carbocycles. The first-order chi connectivity index (χ1) is 29.5. The van der Waals surface area contributed by atoms with Crippen molar-refractivity contribution in [2.24, 2.45) is 0 Å². The van der Waals surface area contributed by atoms with E-state index < -0.39 is 0 Å². The van der Waals surface area contributed by atoms with E-state index in [-0.39, 0.29) is 5.41 Å². The van der Waals surface area contributed by atoms with Gasteiger partial charge in [-0.2, -0.15) is 0 Å². The molecule has 0 unspecified atom stereocenters. The maximum atomic E-state index is 5.50. The average molecular weight is 776 g/mol. The molecule has 0 amide bonds. The molecule has 3 heterocycles. The Morgan fingerprint density at radius 3 is 2.08 bits per heavy atom. The molecule has 0 fully saturated rings. The van der Waals surface area contributed by atoms with Crippen molar-refractivity contribution in [1.29, 1.82) is 0 Å². The largest absolute Gasteiger partial charge is 0.310 e. The Bertz CT molecular complexity index is 3290. The van der Waals surface area contributed by atoms with Crippen molar-refractivity contribution in [1.82, 2.24) is 18.5 Å². The molecule has 2 aliphatic rings. The lowest BCUT2D eigenvalue weighted by molar-refractivity contribution is 0.659. The molecule has 0 bridgehead atoms. The molecular weight excluding hydrogens is 731 g/mol. The van der Waals surface area contributed by atoms with E-state index in [0.29, 0.717) is 0 Å². The minimum Gasteiger partial charge on any atom is -0.310 e. The lowest BCUT2D eigenvalue weighted by Crippen LogP contribution is -2.16. The first-order valence-electron chi connectivity index (χ1n) is 21.0. The van der Waals surface area contributed by atoms with Crippen LogP contribution in [0.5, 0.6) is 0 Å². The molecule has 0 atom stereocenters. The molecule has 5 heteroatoms. The van der Waals surface area contributed by atoms with E-state index in [4.69, 9.17) is 4.98 Å². The molecule has 0 saturated heterocycles. The SMILES string of the molecule is C=C/C=C1\C(=C/C)C(C)(C)c2cc(N(c3ccc(C4=CCCC=C4)cc3)c3ccc4c(c3)n(-c3ccccc3)c3nc5c6ccccc6n(-c6ccccc6)c5n43)ccc21. The second-order valence-electron chi connectivity index (χ2n) is 16.3. The highest BCUT2D eigenvalue weighted by Gasteiger charge is 2.38. The van der Waals surface area contributed by atoms with Crippen molar-refractivity contribution in [3.05, 3.63) is 211 Å². The number of fused-ring (bicyclic) bond motifs is 8. The highest BCUT2D eigenvalue weighted by molar-refractivity contribution is 6.09. The number of aromatic nitrogens is 4. The van der Waals surface area contributed by atoms with E-state index in [2.05, 4.69) is 222 Å². The van der Waals surface area contributed by atoms with E-state index in [1.54, 1.807) is 0 Å². The number of hydrogen-bond donors (Lipinski definition) is 0. The number of para-hydroxylation sites is 3. The first kappa shape index (κ1) is 35.8. The Balaban J connectivity index is 1.18. The van der Waals surface area contributed by atoms with Gasteiger partial charge in [0, 0.05) is 39.2 Å². The number of anilines is 3. The lowest BCUT2D eigenvalue weighted by Gasteiger charge is -2.28. The number of imidazole rings is 2. The third-order valence-electron chi connectivity index (χ3n) is 12.6. The van der Waals surface area contributed by atoms with Gasteiger partial charge in [0.2, 0.25) is 5.78 Å². The van der Waals surface area contributed by atoms with Crippen LogP contribution in [0.4, 0.5) is 17.1 Å². The molecule has 6 aromatic carbocycles. The summed E-state index contributed by atoms with van der Waals surface area (Å²) < 4.78 is 7.03. The summed E-state index contributed by atoms with van der Waals surface area (Å²) in [6.07, 6.45) is 15.4. The van der Waals surface area contributed by atoms with Gasteiger partial charge >= 0.3 is 0 Å². The van der Waals surface area contributed by atoms with Crippen LogP contribution in [0.1, 0.15) is 50.3 Å². The Kier molecular flexibility index (Phi) is 8.28. The monoisotopic (exact) mass is 775 g/mol. The number of allylic oxidation sites excluding steroid dienone is 9. The van der Waals surface area contributed by atoms with Crippen molar-refractivity contribution in [3.63, 3.8) is 0 Å². The fraction of sp³-hybridized carbons (Fsp3) is 0.109. The smallest absolute Gasteiger partial charge is 0.221 e. The van der Waals surface area contributed by atoms with Gasteiger partial charge in [0.05, 0.1) is 16.6 Å². The molecule has 60 heavy (non-hydrogen) atoms.